The van der Waals surface area contributed by atoms with Crippen molar-refractivity contribution in [1.29, 1.82) is 0 Å². The Hall–Kier alpha value is -1.07. The van der Waals surface area contributed by atoms with Gasteiger partial charge in [0.15, 0.2) is 0 Å². The van der Waals surface area contributed by atoms with E-state index in [0.717, 1.165) is 42.6 Å². The Bertz CT molecular complexity index is 462. The molecule has 1 unspecified atom stereocenters. The number of nitrogens with zero attached hydrogens (tertiary/aromatic N) is 1. The van der Waals surface area contributed by atoms with Crippen LogP contribution in [0.15, 0.2) is 22.7 Å². The van der Waals surface area contributed by atoms with Gasteiger partial charge in [-0.3, -0.25) is 0 Å². The van der Waals surface area contributed by atoms with Gasteiger partial charge in [-0.05, 0) is 73.5 Å². The van der Waals surface area contributed by atoms with Gasteiger partial charge in [0.25, 0.3) is 0 Å². The van der Waals surface area contributed by atoms with Gasteiger partial charge in [0.05, 0.1) is 5.56 Å². The van der Waals surface area contributed by atoms with Gasteiger partial charge >= 0.3 is 5.97 Å². The van der Waals surface area contributed by atoms with E-state index in [1.54, 1.807) is 12.1 Å². The van der Waals surface area contributed by atoms with E-state index in [9.17, 15) is 4.79 Å². The Morgan fingerprint density at radius 2 is 2.05 bits per heavy atom. The van der Waals surface area contributed by atoms with Gasteiger partial charge in [0, 0.05) is 16.2 Å². The molecule has 1 rings (SSSR count). The molecular weight excluding hydrogens is 332 g/mol. The minimum Gasteiger partial charge on any atom is -0.478 e. The molecule has 0 heterocycles. The number of anilines is 1. The van der Waals surface area contributed by atoms with Crippen LogP contribution in [-0.4, -0.2) is 41.7 Å². The summed E-state index contributed by atoms with van der Waals surface area (Å²) < 4.78 is 0.790. The predicted octanol–water partition coefficient (Wildman–Crippen LogP) is 4.07. The van der Waals surface area contributed by atoms with Crippen molar-refractivity contribution in [3.8, 4) is 0 Å². The molecule has 1 aromatic carbocycles. The lowest BCUT2D eigenvalue weighted by molar-refractivity contribution is 0.0697. The summed E-state index contributed by atoms with van der Waals surface area (Å²) in [4.78, 5) is 13.3. The summed E-state index contributed by atoms with van der Waals surface area (Å²) in [5.41, 5.74) is 1.23. The quantitative estimate of drug-likeness (QED) is 0.700. The number of halogens is 1. The highest BCUT2D eigenvalue weighted by Gasteiger charge is 2.09. The van der Waals surface area contributed by atoms with Gasteiger partial charge in [0.2, 0.25) is 0 Å². The van der Waals surface area contributed by atoms with Crippen molar-refractivity contribution in [2.24, 2.45) is 0 Å². The SMILES string of the molecule is CCN(CC)CCCC(C)Nc1ccc(C(=O)O)cc1Br. The molecule has 0 aliphatic carbocycles. The molecule has 5 heteroatoms. The summed E-state index contributed by atoms with van der Waals surface area (Å²) in [6.07, 6.45) is 2.24. The number of carboxylic acid groups (broad SMARTS) is 1. The minimum absolute atomic E-state index is 0.293. The topological polar surface area (TPSA) is 52.6 Å². The molecule has 0 radical (unpaired) electrons. The van der Waals surface area contributed by atoms with Gasteiger partial charge in [-0.2, -0.15) is 0 Å². The third kappa shape index (κ3) is 6.06. The van der Waals surface area contributed by atoms with Crippen molar-refractivity contribution in [3.63, 3.8) is 0 Å². The number of hydrogen-bond donors (Lipinski definition) is 2. The highest BCUT2D eigenvalue weighted by molar-refractivity contribution is 9.10. The Morgan fingerprint density at radius 1 is 1.38 bits per heavy atom. The molecule has 2 N–H and O–H groups in total. The first-order valence-corrected chi connectivity index (χ1v) is 8.28. The molecule has 1 atom stereocenters. The molecule has 118 valence electrons. The van der Waals surface area contributed by atoms with E-state index in [1.165, 1.54) is 0 Å². The van der Waals surface area contributed by atoms with E-state index in [4.69, 9.17) is 5.11 Å². The maximum absolute atomic E-state index is 10.9. The van der Waals surface area contributed by atoms with Crippen molar-refractivity contribution in [3.05, 3.63) is 28.2 Å². The summed E-state index contributed by atoms with van der Waals surface area (Å²) in [6, 6.07) is 5.42. The van der Waals surface area contributed by atoms with Crippen molar-refractivity contribution < 1.29 is 9.90 Å². The third-order valence-electron chi connectivity index (χ3n) is 3.62. The normalized spacial score (nSPS) is 12.4. The monoisotopic (exact) mass is 356 g/mol. The van der Waals surface area contributed by atoms with Crippen LogP contribution in [0.2, 0.25) is 0 Å². The molecule has 0 saturated heterocycles. The average Bonchev–Trinajstić information content (AvgIpc) is 2.45. The van der Waals surface area contributed by atoms with Crippen molar-refractivity contribution in [1.82, 2.24) is 4.90 Å². The van der Waals surface area contributed by atoms with E-state index in [1.807, 2.05) is 6.07 Å². The maximum Gasteiger partial charge on any atom is 0.335 e. The second kappa shape index (κ2) is 9.05. The highest BCUT2D eigenvalue weighted by Crippen LogP contribution is 2.25. The second-order valence-corrected chi connectivity index (χ2v) is 6.07. The molecular formula is C16H25BrN2O2. The molecule has 0 fully saturated rings. The van der Waals surface area contributed by atoms with Crippen LogP contribution in [-0.2, 0) is 0 Å². The van der Waals surface area contributed by atoms with Crippen molar-refractivity contribution in [2.45, 2.75) is 39.7 Å². The lowest BCUT2D eigenvalue weighted by Gasteiger charge is -2.20. The largest absolute Gasteiger partial charge is 0.478 e. The Balaban J connectivity index is 2.47. The van der Waals surface area contributed by atoms with Gasteiger partial charge in [-0.25, -0.2) is 4.79 Å². The summed E-state index contributed by atoms with van der Waals surface area (Å²) in [7, 11) is 0. The molecule has 0 spiro atoms. The van der Waals surface area contributed by atoms with E-state index in [-0.39, 0.29) is 0 Å². The van der Waals surface area contributed by atoms with Crippen molar-refractivity contribution in [2.75, 3.05) is 25.0 Å². The zero-order valence-electron chi connectivity index (χ0n) is 13.0. The van der Waals surface area contributed by atoms with Crippen LogP contribution in [0.3, 0.4) is 0 Å². The smallest absolute Gasteiger partial charge is 0.335 e. The van der Waals surface area contributed by atoms with Crippen LogP contribution in [0, 0.1) is 0 Å². The van der Waals surface area contributed by atoms with Gasteiger partial charge < -0.3 is 15.3 Å². The third-order valence-corrected chi connectivity index (χ3v) is 4.28. The lowest BCUT2D eigenvalue weighted by Crippen LogP contribution is -2.25. The summed E-state index contributed by atoms with van der Waals surface area (Å²) in [5.74, 6) is -0.908. The summed E-state index contributed by atoms with van der Waals surface area (Å²) in [6.45, 7) is 9.84. The Labute approximate surface area is 135 Å². The second-order valence-electron chi connectivity index (χ2n) is 5.21. The lowest BCUT2D eigenvalue weighted by atomic mass is 10.1. The molecule has 0 amide bonds. The summed E-state index contributed by atoms with van der Waals surface area (Å²) in [5, 5.41) is 12.4. The first-order valence-electron chi connectivity index (χ1n) is 7.49. The predicted molar refractivity (Wildman–Crippen MR) is 91.2 cm³/mol. The zero-order valence-corrected chi connectivity index (χ0v) is 14.6. The number of hydrogen-bond acceptors (Lipinski definition) is 3. The number of carbonyl (C=O) groups is 1. The molecule has 21 heavy (non-hydrogen) atoms. The number of benzene rings is 1. The Kier molecular flexibility index (Phi) is 7.75. The fourth-order valence-corrected chi connectivity index (χ4v) is 2.76. The number of aromatic carboxylic acids is 1. The van der Waals surface area contributed by atoms with Gasteiger partial charge in [-0.1, -0.05) is 13.8 Å². The van der Waals surface area contributed by atoms with Crippen molar-refractivity contribution >= 4 is 27.6 Å². The standard InChI is InChI=1S/C16H25BrN2O2/c1-4-19(5-2)10-6-7-12(3)18-15-9-8-13(16(20)21)11-14(15)17/h8-9,11-12,18H,4-7,10H2,1-3H3,(H,20,21). The number of rotatable bonds is 9. The van der Waals surface area contributed by atoms with Crippen LogP contribution in [0.25, 0.3) is 0 Å². The summed E-state index contributed by atoms with van der Waals surface area (Å²) >= 11 is 3.42. The van der Waals surface area contributed by atoms with E-state index in [0.29, 0.717) is 11.6 Å². The zero-order chi connectivity index (χ0) is 15.8. The van der Waals surface area contributed by atoms with Gasteiger partial charge in [0.1, 0.15) is 0 Å². The fourth-order valence-electron chi connectivity index (χ4n) is 2.26. The average molecular weight is 357 g/mol. The van der Waals surface area contributed by atoms with Crippen LogP contribution >= 0.6 is 15.9 Å². The van der Waals surface area contributed by atoms with E-state index in [2.05, 4.69) is 46.9 Å². The minimum atomic E-state index is -0.908. The van der Waals surface area contributed by atoms with Crippen LogP contribution in [0.4, 0.5) is 5.69 Å². The molecule has 4 nitrogen and oxygen atoms in total. The molecule has 0 aliphatic heterocycles. The van der Waals surface area contributed by atoms with E-state index < -0.39 is 5.97 Å². The van der Waals surface area contributed by atoms with E-state index >= 15 is 0 Å². The van der Waals surface area contributed by atoms with Crippen LogP contribution in [0.5, 0.6) is 0 Å². The first-order chi connectivity index (χ1) is 9.97. The maximum atomic E-state index is 10.9. The number of nitrogens with one attached hydrogen (secondary N) is 1. The highest BCUT2D eigenvalue weighted by atomic mass is 79.9. The van der Waals surface area contributed by atoms with Crippen LogP contribution in [0.1, 0.15) is 44.0 Å². The Morgan fingerprint density at radius 3 is 2.57 bits per heavy atom. The van der Waals surface area contributed by atoms with Gasteiger partial charge in [-0.15, -0.1) is 0 Å². The number of carboxylic acids is 1. The molecule has 0 bridgehead atoms. The molecule has 0 aliphatic rings. The first kappa shape index (κ1) is 18.0. The molecule has 0 saturated carbocycles. The van der Waals surface area contributed by atoms with Crippen LogP contribution < -0.4 is 5.32 Å². The molecule has 0 aromatic heterocycles. The molecule has 1 aromatic rings. The fraction of sp³-hybridized carbons (Fsp3) is 0.562.